The highest BCUT2D eigenvalue weighted by molar-refractivity contribution is 9.10. The van der Waals surface area contributed by atoms with Crippen LogP contribution in [0.1, 0.15) is 41.2 Å². The largest absolute Gasteiger partial charge is 0.465 e. The van der Waals surface area contributed by atoms with Crippen LogP contribution in [-0.2, 0) is 32.5 Å². The van der Waals surface area contributed by atoms with E-state index in [1.807, 2.05) is 35.1 Å². The lowest BCUT2D eigenvalue weighted by atomic mass is 10.0. The van der Waals surface area contributed by atoms with Gasteiger partial charge in [0, 0.05) is 17.4 Å². The van der Waals surface area contributed by atoms with Crippen molar-refractivity contribution in [2.45, 2.75) is 43.4 Å². The molecule has 0 bridgehead atoms. The van der Waals surface area contributed by atoms with E-state index in [2.05, 4.69) is 26.6 Å². The number of carbonyl (C=O) groups is 3. The first-order valence-electron chi connectivity index (χ1n) is 10.8. The number of hydrogen-bond acceptors (Lipinski definition) is 5. The van der Waals surface area contributed by atoms with Crippen LogP contribution in [0.25, 0.3) is 0 Å². The number of halogens is 1. The van der Waals surface area contributed by atoms with Gasteiger partial charge in [0.25, 0.3) is 0 Å². The molecule has 1 heterocycles. The van der Waals surface area contributed by atoms with Crippen molar-refractivity contribution in [1.82, 2.24) is 15.4 Å². The summed E-state index contributed by atoms with van der Waals surface area (Å²) in [5.41, 5.74) is 2.27. The molecule has 182 valence electrons. The first kappa shape index (κ1) is 25.7. The lowest BCUT2D eigenvalue weighted by Gasteiger charge is -2.18. The standard InChI is InChI=1S/C23H26BrN3O6S/c24-18-12-16(9-10-17(18)20-14-21(28)27-34(20,32)33)13-19(26-23(30)31)22(29)25-11-5-4-8-15-6-2-1-3-7-15/h1-3,6-7,9-10,12,19-20,26H,4-5,8,11,13-14H2,(H,25,29)(H,27,28)(H,30,31)/t19-,20?/m0/s1. The number of aryl methyl sites for hydroxylation is 1. The van der Waals surface area contributed by atoms with Crippen molar-refractivity contribution in [3.8, 4) is 0 Å². The van der Waals surface area contributed by atoms with Crippen LogP contribution in [0.3, 0.4) is 0 Å². The van der Waals surface area contributed by atoms with Crippen molar-refractivity contribution < 1.29 is 27.9 Å². The van der Waals surface area contributed by atoms with Crippen LogP contribution in [0.2, 0.25) is 0 Å². The second-order valence-corrected chi connectivity index (χ2v) is 10.8. The van der Waals surface area contributed by atoms with Crippen LogP contribution in [0.15, 0.2) is 53.0 Å². The Bertz CT molecular complexity index is 1160. The molecule has 1 fully saturated rings. The third kappa shape index (κ3) is 7.04. The fourth-order valence-corrected chi connectivity index (χ4v) is 6.12. The van der Waals surface area contributed by atoms with Gasteiger partial charge in [-0.15, -0.1) is 0 Å². The van der Waals surface area contributed by atoms with E-state index in [-0.39, 0.29) is 12.8 Å². The highest BCUT2D eigenvalue weighted by Crippen LogP contribution is 2.35. The number of carbonyl (C=O) groups excluding carboxylic acids is 2. The van der Waals surface area contributed by atoms with Crippen molar-refractivity contribution in [3.05, 3.63) is 69.7 Å². The van der Waals surface area contributed by atoms with Crippen LogP contribution < -0.4 is 15.4 Å². The highest BCUT2D eigenvalue weighted by atomic mass is 79.9. The van der Waals surface area contributed by atoms with E-state index < -0.39 is 39.2 Å². The second-order valence-electron chi connectivity index (χ2n) is 8.06. The lowest BCUT2D eigenvalue weighted by molar-refractivity contribution is -0.123. The smallest absolute Gasteiger partial charge is 0.405 e. The maximum absolute atomic E-state index is 12.6. The number of benzene rings is 2. The summed E-state index contributed by atoms with van der Waals surface area (Å²) in [6, 6.07) is 13.8. The average Bonchev–Trinajstić information content (AvgIpc) is 3.05. The molecule has 0 radical (unpaired) electrons. The third-order valence-corrected chi connectivity index (χ3v) is 7.87. The van der Waals surface area contributed by atoms with E-state index in [4.69, 9.17) is 5.11 Å². The van der Waals surface area contributed by atoms with E-state index in [1.165, 1.54) is 5.56 Å². The number of rotatable bonds is 10. The number of sulfonamides is 1. The summed E-state index contributed by atoms with van der Waals surface area (Å²) >= 11 is 3.34. The molecule has 1 aliphatic heterocycles. The van der Waals surface area contributed by atoms with E-state index in [0.29, 0.717) is 22.1 Å². The minimum Gasteiger partial charge on any atom is -0.465 e. The average molecular weight is 552 g/mol. The van der Waals surface area contributed by atoms with Gasteiger partial charge in [-0.25, -0.2) is 13.2 Å². The van der Waals surface area contributed by atoms with E-state index in [0.717, 1.165) is 19.3 Å². The Morgan fingerprint density at radius 3 is 2.47 bits per heavy atom. The van der Waals surface area contributed by atoms with Crippen molar-refractivity contribution in [3.63, 3.8) is 0 Å². The van der Waals surface area contributed by atoms with Gasteiger partial charge in [-0.3, -0.25) is 14.3 Å². The fourth-order valence-electron chi connectivity index (χ4n) is 3.81. The molecule has 3 rings (SSSR count). The molecule has 0 saturated carbocycles. The van der Waals surface area contributed by atoms with Gasteiger partial charge >= 0.3 is 6.09 Å². The molecular weight excluding hydrogens is 526 g/mol. The molecule has 0 aliphatic carbocycles. The van der Waals surface area contributed by atoms with Crippen LogP contribution in [-0.4, -0.2) is 44.0 Å². The molecule has 11 heteroatoms. The Morgan fingerprint density at radius 1 is 1.12 bits per heavy atom. The van der Waals surface area contributed by atoms with E-state index in [9.17, 15) is 22.8 Å². The van der Waals surface area contributed by atoms with E-state index >= 15 is 0 Å². The van der Waals surface area contributed by atoms with Crippen molar-refractivity contribution in [2.24, 2.45) is 0 Å². The summed E-state index contributed by atoms with van der Waals surface area (Å²) in [6.45, 7) is 0.423. The van der Waals surface area contributed by atoms with Gasteiger partial charge in [0.2, 0.25) is 21.8 Å². The Hall–Kier alpha value is -2.92. The first-order valence-corrected chi connectivity index (χ1v) is 13.1. The molecule has 2 aromatic carbocycles. The quantitative estimate of drug-likeness (QED) is 0.334. The van der Waals surface area contributed by atoms with Crippen molar-refractivity contribution >= 4 is 43.9 Å². The number of amides is 3. The molecule has 0 spiro atoms. The van der Waals surface area contributed by atoms with Gasteiger partial charge in [-0.1, -0.05) is 58.4 Å². The van der Waals surface area contributed by atoms with Gasteiger partial charge in [-0.05, 0) is 42.0 Å². The number of hydrogen-bond donors (Lipinski definition) is 4. The molecule has 1 unspecified atom stereocenters. The van der Waals surface area contributed by atoms with Crippen LogP contribution in [0, 0.1) is 0 Å². The van der Waals surface area contributed by atoms with Gasteiger partial charge in [0.15, 0.2) is 0 Å². The number of carboxylic acid groups (broad SMARTS) is 1. The van der Waals surface area contributed by atoms with Gasteiger partial charge in [0.1, 0.15) is 11.3 Å². The predicted octanol–water partition coefficient (Wildman–Crippen LogP) is 2.66. The van der Waals surface area contributed by atoms with Gasteiger partial charge in [0.05, 0.1) is 6.42 Å². The molecule has 0 aromatic heterocycles. The first-order chi connectivity index (χ1) is 16.2. The highest BCUT2D eigenvalue weighted by Gasteiger charge is 2.38. The Kier molecular flexibility index (Phi) is 8.67. The minimum absolute atomic E-state index is 0.0790. The molecular formula is C23H26BrN3O6S. The zero-order valence-electron chi connectivity index (χ0n) is 18.3. The molecule has 2 atom stereocenters. The monoisotopic (exact) mass is 551 g/mol. The van der Waals surface area contributed by atoms with Gasteiger partial charge < -0.3 is 15.7 Å². The summed E-state index contributed by atoms with van der Waals surface area (Å²) < 4.78 is 26.7. The molecule has 3 amide bonds. The van der Waals surface area contributed by atoms with Crippen molar-refractivity contribution in [2.75, 3.05) is 6.54 Å². The maximum atomic E-state index is 12.6. The third-order valence-electron chi connectivity index (χ3n) is 5.50. The molecule has 34 heavy (non-hydrogen) atoms. The molecule has 1 saturated heterocycles. The zero-order valence-corrected chi connectivity index (χ0v) is 20.7. The predicted molar refractivity (Wildman–Crippen MR) is 130 cm³/mol. The molecule has 2 aromatic rings. The lowest BCUT2D eigenvalue weighted by Crippen LogP contribution is -2.47. The Balaban J connectivity index is 1.58. The molecule has 1 aliphatic rings. The zero-order chi connectivity index (χ0) is 24.7. The van der Waals surface area contributed by atoms with Gasteiger partial charge in [-0.2, -0.15) is 0 Å². The van der Waals surface area contributed by atoms with E-state index in [1.54, 1.807) is 18.2 Å². The SMILES string of the molecule is O=C(O)N[C@@H](Cc1ccc(C2CC(=O)NS2(=O)=O)c(Br)c1)C(=O)NCCCCc1ccccc1. The summed E-state index contributed by atoms with van der Waals surface area (Å²) in [5.74, 6) is -0.998. The van der Waals surface area contributed by atoms with Crippen LogP contribution in [0.4, 0.5) is 4.79 Å². The number of nitrogens with one attached hydrogen (secondary N) is 3. The number of unbranched alkanes of at least 4 members (excludes halogenated alkanes) is 1. The fraction of sp³-hybridized carbons (Fsp3) is 0.348. The Labute approximate surface area is 206 Å². The molecule has 9 nitrogen and oxygen atoms in total. The minimum atomic E-state index is -3.79. The normalized spacial score (nSPS) is 17.6. The summed E-state index contributed by atoms with van der Waals surface area (Å²) in [6.07, 6.45) is 1.12. The van der Waals surface area contributed by atoms with Crippen LogP contribution in [0.5, 0.6) is 0 Å². The maximum Gasteiger partial charge on any atom is 0.405 e. The second kappa shape index (κ2) is 11.5. The molecule has 4 N–H and O–H groups in total. The van der Waals surface area contributed by atoms with Crippen LogP contribution >= 0.6 is 15.9 Å². The Morgan fingerprint density at radius 2 is 1.85 bits per heavy atom. The summed E-state index contributed by atoms with van der Waals surface area (Å²) in [4.78, 5) is 35.4. The van der Waals surface area contributed by atoms with Crippen molar-refractivity contribution in [1.29, 1.82) is 0 Å². The summed E-state index contributed by atoms with van der Waals surface area (Å²) in [5, 5.41) is 13.2. The summed E-state index contributed by atoms with van der Waals surface area (Å²) in [7, 11) is -3.79. The topological polar surface area (TPSA) is 142 Å².